The van der Waals surface area contributed by atoms with Gasteiger partial charge in [0.15, 0.2) is 17.5 Å². The van der Waals surface area contributed by atoms with Crippen molar-refractivity contribution in [3.8, 4) is 5.75 Å². The van der Waals surface area contributed by atoms with Crippen LogP contribution in [0, 0.1) is 12.7 Å². The number of methoxy groups -OCH3 is 1. The van der Waals surface area contributed by atoms with Gasteiger partial charge in [0.05, 0.1) is 13.2 Å². The number of ether oxygens (including phenoxy) is 1. The SMILES string of the molecule is CN=C(NCCc1c[nH]c2c(C)cccc12)NC(C)c1ccc(OC)c(F)c1.I. The largest absolute Gasteiger partial charge is 0.494 e. The number of nitrogens with one attached hydrogen (secondary N) is 3. The number of H-pyrrole nitrogens is 1. The summed E-state index contributed by atoms with van der Waals surface area (Å²) in [6, 6.07) is 11.2. The molecule has 1 aromatic heterocycles. The maximum atomic E-state index is 13.9. The highest BCUT2D eigenvalue weighted by Gasteiger charge is 2.11. The molecule has 0 aliphatic heterocycles. The Labute approximate surface area is 188 Å². The van der Waals surface area contributed by atoms with Gasteiger partial charge in [-0.3, -0.25) is 4.99 Å². The number of aliphatic imine (C=N–C) groups is 1. The molecule has 3 rings (SSSR count). The van der Waals surface area contributed by atoms with E-state index in [0.29, 0.717) is 5.96 Å². The number of aryl methyl sites for hydroxylation is 1. The van der Waals surface area contributed by atoms with Crippen LogP contribution in [0.15, 0.2) is 47.6 Å². The standard InChI is InChI=1S/C22H27FN4O.HI/c1-14-6-5-7-18-17(13-26-21(14)18)10-11-25-22(24-3)27-15(2)16-8-9-20(28-4)19(23)12-16;/h5-9,12-13,15,26H,10-11H2,1-4H3,(H2,24,25,27);1H. The maximum absolute atomic E-state index is 13.9. The molecular weight excluding hydrogens is 482 g/mol. The summed E-state index contributed by atoms with van der Waals surface area (Å²) in [5.41, 5.74) is 4.53. The number of hydrogen-bond donors (Lipinski definition) is 3. The normalized spacial score (nSPS) is 12.4. The number of para-hydroxylation sites is 1. The molecule has 0 amide bonds. The quantitative estimate of drug-likeness (QED) is 0.256. The van der Waals surface area contributed by atoms with Crippen LogP contribution in [0.1, 0.15) is 29.7 Å². The molecule has 0 saturated carbocycles. The minimum atomic E-state index is -0.369. The van der Waals surface area contributed by atoms with Crippen molar-refractivity contribution < 1.29 is 9.13 Å². The molecule has 0 saturated heterocycles. The second-order valence-electron chi connectivity index (χ2n) is 6.82. The lowest BCUT2D eigenvalue weighted by Crippen LogP contribution is -2.39. The van der Waals surface area contributed by atoms with Gasteiger partial charge in [0.1, 0.15) is 0 Å². The first-order valence-electron chi connectivity index (χ1n) is 9.39. The molecule has 1 unspecified atom stereocenters. The summed E-state index contributed by atoms with van der Waals surface area (Å²) in [6.07, 6.45) is 2.94. The first-order valence-corrected chi connectivity index (χ1v) is 9.39. The second-order valence-corrected chi connectivity index (χ2v) is 6.82. The Morgan fingerprint density at radius 2 is 2.07 bits per heavy atom. The smallest absolute Gasteiger partial charge is 0.191 e. The van der Waals surface area contributed by atoms with Crippen LogP contribution < -0.4 is 15.4 Å². The van der Waals surface area contributed by atoms with Crippen molar-refractivity contribution in [2.75, 3.05) is 20.7 Å². The van der Waals surface area contributed by atoms with E-state index in [2.05, 4.69) is 51.9 Å². The summed E-state index contributed by atoms with van der Waals surface area (Å²) in [5.74, 6) is 0.554. The van der Waals surface area contributed by atoms with Crippen LogP contribution in [0.2, 0.25) is 0 Å². The number of guanidine groups is 1. The Morgan fingerprint density at radius 3 is 2.76 bits per heavy atom. The average molecular weight is 510 g/mol. The van der Waals surface area contributed by atoms with E-state index in [4.69, 9.17) is 4.74 Å². The van der Waals surface area contributed by atoms with Crippen molar-refractivity contribution >= 4 is 40.8 Å². The van der Waals surface area contributed by atoms with Crippen molar-refractivity contribution in [3.63, 3.8) is 0 Å². The summed E-state index contributed by atoms with van der Waals surface area (Å²) in [6.45, 7) is 4.82. The number of halogens is 2. The lowest BCUT2D eigenvalue weighted by molar-refractivity contribution is 0.386. The van der Waals surface area contributed by atoms with E-state index < -0.39 is 0 Å². The molecule has 1 heterocycles. The molecule has 7 heteroatoms. The third-order valence-electron chi connectivity index (χ3n) is 4.95. The Bertz CT molecular complexity index is 986. The van der Waals surface area contributed by atoms with Gasteiger partial charge in [-0.05, 0) is 49.1 Å². The van der Waals surface area contributed by atoms with Gasteiger partial charge in [-0.2, -0.15) is 0 Å². The molecule has 2 aromatic carbocycles. The van der Waals surface area contributed by atoms with Gasteiger partial charge in [-0.25, -0.2) is 4.39 Å². The zero-order chi connectivity index (χ0) is 20.1. The summed E-state index contributed by atoms with van der Waals surface area (Å²) in [4.78, 5) is 7.63. The monoisotopic (exact) mass is 510 g/mol. The number of benzene rings is 2. The Morgan fingerprint density at radius 1 is 1.28 bits per heavy atom. The van der Waals surface area contributed by atoms with Crippen LogP contribution in [0.3, 0.4) is 0 Å². The van der Waals surface area contributed by atoms with Gasteiger partial charge >= 0.3 is 0 Å². The van der Waals surface area contributed by atoms with Crippen molar-refractivity contribution in [2.24, 2.45) is 4.99 Å². The number of aromatic nitrogens is 1. The van der Waals surface area contributed by atoms with Gasteiger partial charge in [-0.15, -0.1) is 24.0 Å². The van der Waals surface area contributed by atoms with E-state index in [-0.39, 0.29) is 41.6 Å². The Balaban J connectivity index is 0.00000300. The van der Waals surface area contributed by atoms with Gasteiger partial charge in [-0.1, -0.05) is 24.3 Å². The van der Waals surface area contributed by atoms with E-state index in [0.717, 1.165) is 18.5 Å². The lowest BCUT2D eigenvalue weighted by Gasteiger charge is -2.18. The molecule has 3 aromatic rings. The highest BCUT2D eigenvalue weighted by atomic mass is 127. The summed E-state index contributed by atoms with van der Waals surface area (Å²) in [7, 11) is 3.19. The molecule has 1 atom stereocenters. The topological polar surface area (TPSA) is 61.4 Å². The minimum absolute atomic E-state index is 0. The van der Waals surface area contributed by atoms with Gasteiger partial charge in [0.2, 0.25) is 0 Å². The molecule has 29 heavy (non-hydrogen) atoms. The molecule has 5 nitrogen and oxygen atoms in total. The van der Waals surface area contributed by atoms with E-state index in [1.807, 2.05) is 13.0 Å². The second kappa shape index (κ2) is 10.5. The Kier molecular flexibility index (Phi) is 8.31. The number of hydrogen-bond acceptors (Lipinski definition) is 2. The van der Waals surface area contributed by atoms with Crippen LogP contribution in [-0.2, 0) is 6.42 Å². The van der Waals surface area contributed by atoms with E-state index in [1.54, 1.807) is 13.1 Å². The predicted octanol–water partition coefficient (Wildman–Crippen LogP) is 4.71. The molecule has 0 radical (unpaired) electrons. The number of nitrogens with zero attached hydrogens (tertiary/aromatic N) is 1. The fourth-order valence-corrected chi connectivity index (χ4v) is 3.32. The molecule has 0 bridgehead atoms. The van der Waals surface area contributed by atoms with Gasteiger partial charge in [0, 0.05) is 30.7 Å². The van der Waals surface area contributed by atoms with Gasteiger partial charge < -0.3 is 20.4 Å². The number of rotatable bonds is 6. The third-order valence-corrected chi connectivity index (χ3v) is 4.95. The molecule has 0 fully saturated rings. The first kappa shape index (κ1) is 23.0. The van der Waals surface area contributed by atoms with Crippen LogP contribution in [-0.4, -0.2) is 31.6 Å². The third kappa shape index (κ3) is 5.41. The fraction of sp³-hybridized carbons (Fsp3) is 0.318. The molecule has 0 spiro atoms. The summed E-state index contributed by atoms with van der Waals surface area (Å²) >= 11 is 0. The van der Waals surface area contributed by atoms with Crippen LogP contribution in [0.4, 0.5) is 4.39 Å². The minimum Gasteiger partial charge on any atom is -0.494 e. The zero-order valence-electron chi connectivity index (χ0n) is 17.2. The highest BCUT2D eigenvalue weighted by molar-refractivity contribution is 14.0. The van der Waals surface area contributed by atoms with E-state index in [1.165, 1.54) is 35.2 Å². The molecular formula is C22H28FIN4O. The molecule has 156 valence electrons. The van der Waals surface area contributed by atoms with Crippen molar-refractivity contribution in [3.05, 3.63) is 65.1 Å². The molecule has 0 aliphatic rings. The van der Waals surface area contributed by atoms with Crippen LogP contribution in [0.25, 0.3) is 10.9 Å². The lowest BCUT2D eigenvalue weighted by atomic mass is 10.1. The van der Waals surface area contributed by atoms with Crippen LogP contribution >= 0.6 is 24.0 Å². The number of fused-ring (bicyclic) bond motifs is 1. The summed E-state index contributed by atoms with van der Waals surface area (Å²) in [5, 5.41) is 7.89. The van der Waals surface area contributed by atoms with Crippen molar-refractivity contribution in [1.29, 1.82) is 0 Å². The molecule has 0 aliphatic carbocycles. The van der Waals surface area contributed by atoms with E-state index >= 15 is 0 Å². The van der Waals surface area contributed by atoms with Crippen molar-refractivity contribution in [2.45, 2.75) is 26.3 Å². The maximum Gasteiger partial charge on any atom is 0.191 e. The fourth-order valence-electron chi connectivity index (χ4n) is 3.32. The molecule has 3 N–H and O–H groups in total. The van der Waals surface area contributed by atoms with Crippen molar-refractivity contribution in [1.82, 2.24) is 15.6 Å². The zero-order valence-corrected chi connectivity index (χ0v) is 19.5. The van der Waals surface area contributed by atoms with Crippen LogP contribution in [0.5, 0.6) is 5.75 Å². The van der Waals surface area contributed by atoms with E-state index in [9.17, 15) is 4.39 Å². The predicted molar refractivity (Wildman–Crippen MR) is 128 cm³/mol. The average Bonchev–Trinajstić information content (AvgIpc) is 3.11. The Hall–Kier alpha value is -2.29. The van der Waals surface area contributed by atoms with Gasteiger partial charge in [0.25, 0.3) is 0 Å². The summed E-state index contributed by atoms with van der Waals surface area (Å²) < 4.78 is 18.9. The highest BCUT2D eigenvalue weighted by Crippen LogP contribution is 2.22. The number of aromatic amines is 1. The first-order chi connectivity index (χ1) is 13.5.